The summed E-state index contributed by atoms with van der Waals surface area (Å²) in [6.07, 6.45) is 0.656. The lowest BCUT2D eigenvalue weighted by Gasteiger charge is -2.12. The lowest BCUT2D eigenvalue weighted by Crippen LogP contribution is -2.15. The molecule has 0 atom stereocenters. The smallest absolute Gasteiger partial charge is 0.350 e. The van der Waals surface area contributed by atoms with Gasteiger partial charge in [0.15, 0.2) is 0 Å². The second kappa shape index (κ2) is 6.14. The molecule has 0 radical (unpaired) electrons. The summed E-state index contributed by atoms with van der Waals surface area (Å²) in [7, 11) is -2.66. The van der Waals surface area contributed by atoms with Crippen LogP contribution in [-0.4, -0.2) is 28.1 Å². The van der Waals surface area contributed by atoms with Gasteiger partial charge in [0, 0.05) is 16.5 Å². The first-order chi connectivity index (χ1) is 10.9. The zero-order valence-corrected chi connectivity index (χ0v) is 15.2. The zero-order valence-electron chi connectivity index (χ0n) is 12.0. The summed E-state index contributed by atoms with van der Waals surface area (Å²) in [5.74, 6) is -0.232. The number of halogens is 1. The number of thiophene rings is 1. The van der Waals surface area contributed by atoms with Gasteiger partial charge < -0.3 is 9.47 Å². The Hall–Kier alpha value is -1.58. The highest BCUT2D eigenvalue weighted by Crippen LogP contribution is 2.37. The summed E-state index contributed by atoms with van der Waals surface area (Å²) >= 11 is 4.42. The molecule has 1 N–H and O–H groups in total. The minimum Gasteiger partial charge on any atom is -0.492 e. The molecule has 0 fully saturated rings. The van der Waals surface area contributed by atoms with Crippen LogP contribution in [0, 0.1) is 0 Å². The molecule has 2 heterocycles. The van der Waals surface area contributed by atoms with E-state index in [2.05, 4.69) is 25.4 Å². The van der Waals surface area contributed by atoms with Crippen LogP contribution < -0.4 is 9.46 Å². The topological polar surface area (TPSA) is 81.7 Å². The normalized spacial score (nSPS) is 13.3. The van der Waals surface area contributed by atoms with E-state index in [1.54, 1.807) is 5.38 Å². The van der Waals surface area contributed by atoms with Crippen LogP contribution in [0.25, 0.3) is 0 Å². The molecule has 3 rings (SSSR count). The first-order valence-electron chi connectivity index (χ1n) is 6.56. The predicted molar refractivity (Wildman–Crippen MR) is 89.8 cm³/mol. The van der Waals surface area contributed by atoms with E-state index in [-0.39, 0.29) is 15.5 Å². The minimum absolute atomic E-state index is 0.0430. The van der Waals surface area contributed by atoms with Crippen molar-refractivity contribution in [2.75, 3.05) is 18.4 Å². The van der Waals surface area contributed by atoms with E-state index in [0.717, 1.165) is 16.9 Å². The van der Waals surface area contributed by atoms with Gasteiger partial charge in [-0.05, 0) is 23.6 Å². The maximum atomic E-state index is 12.7. The van der Waals surface area contributed by atoms with Crippen LogP contribution in [0.4, 0.5) is 5.69 Å². The first kappa shape index (κ1) is 16.3. The van der Waals surface area contributed by atoms with E-state index < -0.39 is 16.0 Å². The van der Waals surface area contributed by atoms with Gasteiger partial charge in [0.1, 0.15) is 15.5 Å². The summed E-state index contributed by atoms with van der Waals surface area (Å²) in [6, 6.07) is 4.84. The van der Waals surface area contributed by atoms with Crippen molar-refractivity contribution in [2.24, 2.45) is 0 Å². The van der Waals surface area contributed by atoms with Gasteiger partial charge in [-0.15, -0.1) is 11.3 Å². The van der Waals surface area contributed by atoms with E-state index in [1.807, 2.05) is 6.07 Å². The molecule has 1 aliphatic heterocycles. The molecule has 0 aliphatic carbocycles. The minimum atomic E-state index is -3.90. The summed E-state index contributed by atoms with van der Waals surface area (Å²) in [6.45, 7) is 0.445. The maximum Gasteiger partial charge on any atom is 0.350 e. The van der Waals surface area contributed by atoms with Gasteiger partial charge >= 0.3 is 5.97 Å². The van der Waals surface area contributed by atoms with Gasteiger partial charge in [0.25, 0.3) is 10.0 Å². The van der Waals surface area contributed by atoms with Gasteiger partial charge in [-0.1, -0.05) is 15.9 Å². The van der Waals surface area contributed by atoms with Crippen LogP contribution in [0.15, 0.2) is 32.9 Å². The molecule has 0 bridgehead atoms. The molecule has 0 saturated carbocycles. The fourth-order valence-electron chi connectivity index (χ4n) is 2.28. The second-order valence-electron chi connectivity index (χ2n) is 4.75. The standard InChI is InChI=1S/C14H12BrNO5S2/c1-20-14(17)13-10(3-5-22-13)16-23(18,19)11-7-9(15)6-8-2-4-21-12(8)11/h3,5-7,16H,2,4H2,1H3. The van der Waals surface area contributed by atoms with Crippen molar-refractivity contribution in [1.29, 1.82) is 0 Å². The predicted octanol–water partition coefficient (Wildman–Crippen LogP) is 3.03. The number of sulfonamides is 1. The molecule has 0 unspecified atom stereocenters. The Labute approximate surface area is 145 Å². The highest BCUT2D eigenvalue weighted by Gasteiger charge is 2.28. The average Bonchev–Trinajstić information content (AvgIpc) is 3.13. The van der Waals surface area contributed by atoms with Crippen LogP contribution in [0.5, 0.6) is 5.75 Å². The molecule has 1 aliphatic rings. The molecule has 1 aromatic heterocycles. The van der Waals surface area contributed by atoms with E-state index >= 15 is 0 Å². The number of nitrogens with one attached hydrogen (secondary N) is 1. The second-order valence-corrected chi connectivity index (χ2v) is 8.23. The number of methoxy groups -OCH3 is 1. The Kier molecular flexibility index (Phi) is 4.35. The third-order valence-electron chi connectivity index (χ3n) is 3.28. The SMILES string of the molecule is COC(=O)c1sccc1NS(=O)(=O)c1cc(Br)cc2c1OCC2. The number of hydrogen-bond acceptors (Lipinski definition) is 6. The van der Waals surface area contributed by atoms with Gasteiger partial charge in [0.2, 0.25) is 0 Å². The molecule has 0 saturated heterocycles. The molecule has 2 aromatic rings. The van der Waals surface area contributed by atoms with Crippen molar-refractivity contribution in [2.45, 2.75) is 11.3 Å². The van der Waals surface area contributed by atoms with E-state index in [0.29, 0.717) is 23.2 Å². The van der Waals surface area contributed by atoms with Crippen molar-refractivity contribution in [3.8, 4) is 5.75 Å². The monoisotopic (exact) mass is 417 g/mol. The lowest BCUT2D eigenvalue weighted by atomic mass is 10.2. The van der Waals surface area contributed by atoms with Crippen LogP contribution in [0.3, 0.4) is 0 Å². The van der Waals surface area contributed by atoms with Crippen LogP contribution in [0.2, 0.25) is 0 Å². The number of carbonyl (C=O) groups is 1. The van der Waals surface area contributed by atoms with Crippen molar-refractivity contribution >= 4 is 48.9 Å². The molecule has 122 valence electrons. The van der Waals surface area contributed by atoms with Crippen molar-refractivity contribution in [1.82, 2.24) is 0 Å². The fourth-order valence-corrected chi connectivity index (χ4v) is 5.05. The molecule has 1 aromatic carbocycles. The average molecular weight is 418 g/mol. The number of fused-ring (bicyclic) bond motifs is 1. The fraction of sp³-hybridized carbons (Fsp3) is 0.214. The number of carbonyl (C=O) groups excluding carboxylic acids is 1. The van der Waals surface area contributed by atoms with E-state index in [9.17, 15) is 13.2 Å². The molecule has 23 heavy (non-hydrogen) atoms. The van der Waals surface area contributed by atoms with Crippen molar-refractivity contribution in [3.63, 3.8) is 0 Å². The van der Waals surface area contributed by atoms with E-state index in [1.165, 1.54) is 19.2 Å². The summed E-state index contributed by atoms with van der Waals surface area (Å²) in [5.41, 5.74) is 1.02. The highest BCUT2D eigenvalue weighted by molar-refractivity contribution is 9.10. The third kappa shape index (κ3) is 3.08. The third-order valence-corrected chi connectivity index (χ3v) is 6.01. The molecule has 9 heteroatoms. The van der Waals surface area contributed by atoms with Gasteiger partial charge in [-0.2, -0.15) is 0 Å². The number of anilines is 1. The molecule has 0 amide bonds. The van der Waals surface area contributed by atoms with E-state index in [4.69, 9.17) is 4.74 Å². The Morgan fingerprint density at radius 1 is 1.43 bits per heavy atom. The molecular formula is C14H12BrNO5S2. The van der Waals surface area contributed by atoms with Crippen molar-refractivity contribution < 1.29 is 22.7 Å². The van der Waals surface area contributed by atoms with Crippen LogP contribution in [0.1, 0.15) is 15.2 Å². The first-order valence-corrected chi connectivity index (χ1v) is 9.72. The number of hydrogen-bond donors (Lipinski definition) is 1. The Bertz CT molecular complexity index is 875. The maximum absolute atomic E-state index is 12.7. The Morgan fingerprint density at radius 2 is 2.22 bits per heavy atom. The van der Waals surface area contributed by atoms with Crippen LogP contribution in [-0.2, 0) is 21.2 Å². The number of ether oxygens (including phenoxy) is 2. The Morgan fingerprint density at radius 3 is 2.96 bits per heavy atom. The van der Waals surface area contributed by atoms with Gasteiger partial charge in [-0.25, -0.2) is 13.2 Å². The number of rotatable bonds is 4. The summed E-state index contributed by atoms with van der Waals surface area (Å²) < 4.78 is 38.6. The molecule has 6 nitrogen and oxygen atoms in total. The highest BCUT2D eigenvalue weighted by atomic mass is 79.9. The quantitative estimate of drug-likeness (QED) is 0.772. The molecular weight excluding hydrogens is 406 g/mol. The van der Waals surface area contributed by atoms with Crippen molar-refractivity contribution in [3.05, 3.63) is 38.5 Å². The Balaban J connectivity index is 2.01. The van der Waals surface area contributed by atoms with Gasteiger partial charge in [0.05, 0.1) is 19.4 Å². The summed E-state index contributed by atoms with van der Waals surface area (Å²) in [4.78, 5) is 11.9. The number of esters is 1. The van der Waals surface area contributed by atoms with Crippen LogP contribution >= 0.6 is 27.3 Å². The summed E-state index contributed by atoms with van der Waals surface area (Å²) in [5, 5.41) is 1.62. The lowest BCUT2D eigenvalue weighted by molar-refractivity contribution is 0.0607. The van der Waals surface area contributed by atoms with Gasteiger partial charge in [-0.3, -0.25) is 4.72 Å². The zero-order chi connectivity index (χ0) is 16.6. The number of benzene rings is 1. The largest absolute Gasteiger partial charge is 0.492 e. The molecule has 0 spiro atoms.